The van der Waals surface area contributed by atoms with Crippen molar-refractivity contribution in [2.75, 3.05) is 6.54 Å². The molecule has 0 saturated carbocycles. The number of nitro benzene ring substituents is 1. The highest BCUT2D eigenvalue weighted by atomic mass is 16.6. The first-order valence-electron chi connectivity index (χ1n) is 4.81. The van der Waals surface area contributed by atoms with Gasteiger partial charge in [-0.05, 0) is 12.5 Å². The molecule has 0 radical (unpaired) electrons. The maximum absolute atomic E-state index is 11.5. The third-order valence-corrected chi connectivity index (χ3v) is 1.91. The number of nitrogens with one attached hydrogen (secondary N) is 1. The summed E-state index contributed by atoms with van der Waals surface area (Å²) in [4.78, 5) is 21.3. The van der Waals surface area contributed by atoms with Crippen molar-refractivity contribution in [1.82, 2.24) is 5.32 Å². The second kappa shape index (κ2) is 5.11. The van der Waals surface area contributed by atoms with Crippen molar-refractivity contribution in [3.63, 3.8) is 0 Å². The Morgan fingerprint density at radius 2 is 2.19 bits per heavy atom. The van der Waals surface area contributed by atoms with E-state index in [1.165, 1.54) is 6.07 Å². The van der Waals surface area contributed by atoms with E-state index in [0.29, 0.717) is 6.54 Å². The lowest BCUT2D eigenvalue weighted by Crippen LogP contribution is -2.23. The Morgan fingerprint density at radius 1 is 1.50 bits per heavy atom. The molecule has 0 atom stereocenters. The van der Waals surface area contributed by atoms with Gasteiger partial charge in [0.15, 0.2) is 0 Å². The number of phenolic OH excluding ortho intramolecular Hbond substituents is 1. The summed E-state index contributed by atoms with van der Waals surface area (Å²) in [5.74, 6) is -0.725. The van der Waals surface area contributed by atoms with E-state index in [1.54, 1.807) is 0 Å². The number of benzene rings is 1. The Balaban J connectivity index is 2.95. The molecule has 0 bridgehead atoms. The molecule has 0 saturated heterocycles. The SMILES string of the molecule is CCCNC(=O)c1cc(O)cc([N+](=O)[O-])c1. The van der Waals surface area contributed by atoms with Crippen molar-refractivity contribution in [2.24, 2.45) is 0 Å². The van der Waals surface area contributed by atoms with Gasteiger partial charge in [-0.2, -0.15) is 0 Å². The largest absolute Gasteiger partial charge is 0.508 e. The summed E-state index contributed by atoms with van der Waals surface area (Å²) in [7, 11) is 0. The smallest absolute Gasteiger partial charge is 0.273 e. The van der Waals surface area contributed by atoms with Crippen molar-refractivity contribution in [3.8, 4) is 5.75 Å². The molecule has 0 aliphatic carbocycles. The normalized spacial score (nSPS) is 9.81. The summed E-state index contributed by atoms with van der Waals surface area (Å²) in [6, 6.07) is 3.32. The van der Waals surface area contributed by atoms with Crippen LogP contribution in [0.15, 0.2) is 18.2 Å². The Hall–Kier alpha value is -2.11. The zero-order valence-corrected chi connectivity index (χ0v) is 8.77. The van der Waals surface area contributed by atoms with Gasteiger partial charge in [-0.3, -0.25) is 14.9 Å². The van der Waals surface area contributed by atoms with Gasteiger partial charge < -0.3 is 10.4 Å². The summed E-state index contributed by atoms with van der Waals surface area (Å²) in [5.41, 5.74) is -0.221. The molecule has 0 unspecified atom stereocenters. The molecule has 0 fully saturated rings. The average molecular weight is 224 g/mol. The molecule has 16 heavy (non-hydrogen) atoms. The van der Waals surface area contributed by atoms with Crippen molar-refractivity contribution >= 4 is 11.6 Å². The zero-order valence-electron chi connectivity index (χ0n) is 8.77. The molecule has 0 spiro atoms. The number of aromatic hydroxyl groups is 1. The Morgan fingerprint density at radius 3 is 2.75 bits per heavy atom. The molecule has 86 valence electrons. The molecule has 6 heteroatoms. The van der Waals surface area contributed by atoms with Gasteiger partial charge in [0.25, 0.3) is 11.6 Å². The van der Waals surface area contributed by atoms with Gasteiger partial charge in [-0.25, -0.2) is 0 Å². The van der Waals surface area contributed by atoms with E-state index in [-0.39, 0.29) is 17.0 Å². The van der Waals surface area contributed by atoms with Gasteiger partial charge in [-0.1, -0.05) is 6.92 Å². The van der Waals surface area contributed by atoms with E-state index in [1.807, 2.05) is 6.92 Å². The van der Waals surface area contributed by atoms with Crippen LogP contribution in [0.3, 0.4) is 0 Å². The predicted molar refractivity (Wildman–Crippen MR) is 57.4 cm³/mol. The fourth-order valence-electron chi connectivity index (χ4n) is 1.17. The summed E-state index contributed by atoms with van der Waals surface area (Å²) >= 11 is 0. The summed E-state index contributed by atoms with van der Waals surface area (Å²) in [5, 5.41) is 22.3. The van der Waals surface area contributed by atoms with E-state index >= 15 is 0 Å². The minimum absolute atomic E-state index is 0.0835. The lowest BCUT2D eigenvalue weighted by atomic mass is 10.1. The van der Waals surface area contributed by atoms with Gasteiger partial charge in [0.05, 0.1) is 11.0 Å². The van der Waals surface area contributed by atoms with E-state index in [0.717, 1.165) is 18.6 Å². The molecule has 0 aromatic heterocycles. The van der Waals surface area contributed by atoms with Crippen molar-refractivity contribution in [2.45, 2.75) is 13.3 Å². The Bertz CT molecular complexity index is 417. The number of amides is 1. The van der Waals surface area contributed by atoms with Gasteiger partial charge >= 0.3 is 0 Å². The maximum atomic E-state index is 11.5. The van der Waals surface area contributed by atoms with Crippen LogP contribution in [0.4, 0.5) is 5.69 Å². The third kappa shape index (κ3) is 2.94. The number of nitro groups is 1. The molecule has 0 heterocycles. The first-order valence-corrected chi connectivity index (χ1v) is 4.81. The quantitative estimate of drug-likeness (QED) is 0.597. The summed E-state index contributed by atoms with van der Waals surface area (Å²) in [6.45, 7) is 2.38. The van der Waals surface area contributed by atoms with E-state index < -0.39 is 10.8 Å². The number of hydrogen-bond donors (Lipinski definition) is 2. The van der Waals surface area contributed by atoms with Crippen LogP contribution in [0.5, 0.6) is 5.75 Å². The predicted octanol–water partition coefficient (Wildman–Crippen LogP) is 1.44. The molecule has 2 N–H and O–H groups in total. The first-order chi connectivity index (χ1) is 7.54. The molecule has 1 rings (SSSR count). The highest BCUT2D eigenvalue weighted by Gasteiger charge is 2.13. The van der Waals surface area contributed by atoms with E-state index in [2.05, 4.69) is 5.32 Å². The lowest BCUT2D eigenvalue weighted by Gasteiger charge is -2.03. The number of hydrogen-bond acceptors (Lipinski definition) is 4. The van der Waals surface area contributed by atoms with Crippen molar-refractivity contribution in [1.29, 1.82) is 0 Å². The average Bonchev–Trinajstić information content (AvgIpc) is 2.24. The standard InChI is InChI=1S/C10H12N2O4/c1-2-3-11-10(14)7-4-8(12(15)16)6-9(13)5-7/h4-6,13H,2-3H2,1H3,(H,11,14). The number of nitrogens with zero attached hydrogens (tertiary/aromatic N) is 1. The van der Waals surface area contributed by atoms with Crippen LogP contribution < -0.4 is 5.32 Å². The number of carbonyl (C=O) groups is 1. The van der Waals surface area contributed by atoms with Crippen LogP contribution in [0.2, 0.25) is 0 Å². The van der Waals surface area contributed by atoms with Gasteiger partial charge in [0.1, 0.15) is 5.75 Å². The molecule has 0 aliphatic rings. The third-order valence-electron chi connectivity index (χ3n) is 1.91. The van der Waals surface area contributed by atoms with Crippen molar-refractivity contribution < 1.29 is 14.8 Å². The van der Waals surface area contributed by atoms with E-state index in [9.17, 15) is 20.0 Å². The second-order valence-corrected chi connectivity index (χ2v) is 3.25. The first kappa shape index (κ1) is 12.0. The second-order valence-electron chi connectivity index (χ2n) is 3.25. The molecule has 1 amide bonds. The van der Waals surface area contributed by atoms with Crippen molar-refractivity contribution in [3.05, 3.63) is 33.9 Å². The monoisotopic (exact) mass is 224 g/mol. The highest BCUT2D eigenvalue weighted by Crippen LogP contribution is 2.21. The number of phenols is 1. The Labute approximate surface area is 92.0 Å². The fourth-order valence-corrected chi connectivity index (χ4v) is 1.17. The molecular formula is C10H12N2O4. The molecule has 1 aromatic rings. The molecule has 6 nitrogen and oxygen atoms in total. The summed E-state index contributed by atoms with van der Waals surface area (Å²) in [6.07, 6.45) is 0.770. The topological polar surface area (TPSA) is 92.5 Å². The Kier molecular flexibility index (Phi) is 3.82. The van der Waals surface area contributed by atoms with Gasteiger partial charge in [0, 0.05) is 18.2 Å². The van der Waals surface area contributed by atoms with Gasteiger partial charge in [-0.15, -0.1) is 0 Å². The lowest BCUT2D eigenvalue weighted by molar-refractivity contribution is -0.385. The number of non-ortho nitro benzene ring substituents is 1. The van der Waals surface area contributed by atoms with Crippen LogP contribution in [-0.4, -0.2) is 22.5 Å². The molecule has 0 aliphatic heterocycles. The number of rotatable bonds is 4. The summed E-state index contributed by atoms with van der Waals surface area (Å²) < 4.78 is 0. The molecular weight excluding hydrogens is 212 g/mol. The minimum atomic E-state index is -0.656. The van der Waals surface area contributed by atoms with Crippen LogP contribution in [-0.2, 0) is 0 Å². The molecule has 1 aromatic carbocycles. The van der Waals surface area contributed by atoms with Crippen LogP contribution in [0, 0.1) is 10.1 Å². The fraction of sp³-hybridized carbons (Fsp3) is 0.300. The van der Waals surface area contributed by atoms with Crippen LogP contribution in [0.25, 0.3) is 0 Å². The minimum Gasteiger partial charge on any atom is -0.508 e. The van der Waals surface area contributed by atoms with Gasteiger partial charge in [0.2, 0.25) is 0 Å². The van der Waals surface area contributed by atoms with E-state index in [4.69, 9.17) is 0 Å². The van der Waals surface area contributed by atoms with Crippen LogP contribution in [0.1, 0.15) is 23.7 Å². The number of carbonyl (C=O) groups excluding carboxylic acids is 1. The highest BCUT2D eigenvalue weighted by molar-refractivity contribution is 5.95. The zero-order chi connectivity index (χ0) is 12.1. The maximum Gasteiger partial charge on any atom is 0.273 e. The van der Waals surface area contributed by atoms with Crippen LogP contribution >= 0.6 is 0 Å².